The van der Waals surface area contributed by atoms with Crippen LogP contribution in [0.15, 0.2) is 51.6 Å². The highest BCUT2D eigenvalue weighted by molar-refractivity contribution is 9.10. The minimum atomic E-state index is -0.562. The van der Waals surface area contributed by atoms with Crippen molar-refractivity contribution in [2.45, 2.75) is 19.4 Å². The highest BCUT2D eigenvalue weighted by Crippen LogP contribution is 2.13. The van der Waals surface area contributed by atoms with Crippen LogP contribution in [0, 0.1) is 0 Å². The van der Waals surface area contributed by atoms with Gasteiger partial charge in [-0.25, -0.2) is 0 Å². The molecular formula is C17H17BrN4O4S. The number of carbonyl (C=O) groups excluding carboxylic acids is 3. The first-order valence-corrected chi connectivity index (χ1v) is 9.10. The molecule has 0 aliphatic carbocycles. The Balaban J connectivity index is 1.61. The topological polar surface area (TPSA) is 112 Å². The first kappa shape index (κ1) is 20.6. The number of hydrogen-bond acceptors (Lipinski definition) is 5. The van der Waals surface area contributed by atoms with Gasteiger partial charge in [0.1, 0.15) is 0 Å². The maximum absolute atomic E-state index is 11.8. The maximum atomic E-state index is 11.8. The predicted molar refractivity (Wildman–Crippen MR) is 105 cm³/mol. The summed E-state index contributed by atoms with van der Waals surface area (Å²) >= 11 is 7.98. The molecule has 1 aromatic heterocycles. The minimum absolute atomic E-state index is 0.0277. The van der Waals surface area contributed by atoms with Crippen LogP contribution < -0.4 is 21.5 Å². The van der Waals surface area contributed by atoms with Crippen LogP contribution in [0.1, 0.15) is 29.0 Å². The zero-order valence-electron chi connectivity index (χ0n) is 14.1. The lowest BCUT2D eigenvalue weighted by Gasteiger charge is -2.10. The van der Waals surface area contributed by atoms with E-state index in [4.69, 9.17) is 16.6 Å². The molecule has 0 saturated heterocycles. The van der Waals surface area contributed by atoms with Crippen molar-refractivity contribution in [3.05, 3.63) is 58.5 Å². The SMILES string of the molecule is O=C(CCC(=O)NNC(=S)NC(=O)c1ccc(Br)o1)NCc1ccccc1. The summed E-state index contributed by atoms with van der Waals surface area (Å²) in [6, 6.07) is 12.5. The van der Waals surface area contributed by atoms with Gasteiger partial charge in [-0.3, -0.25) is 30.6 Å². The third-order valence-corrected chi connectivity index (χ3v) is 3.88. The van der Waals surface area contributed by atoms with Gasteiger partial charge in [0.25, 0.3) is 5.91 Å². The Hall–Kier alpha value is -2.72. The summed E-state index contributed by atoms with van der Waals surface area (Å²) in [5.74, 6) is -1.18. The Morgan fingerprint density at radius 2 is 1.67 bits per heavy atom. The zero-order chi connectivity index (χ0) is 19.6. The van der Waals surface area contributed by atoms with Crippen LogP contribution in [0.25, 0.3) is 0 Å². The van der Waals surface area contributed by atoms with Crippen molar-refractivity contribution < 1.29 is 18.8 Å². The summed E-state index contributed by atoms with van der Waals surface area (Å²) in [6.07, 6.45) is -0.00476. The van der Waals surface area contributed by atoms with Crippen molar-refractivity contribution in [3.63, 3.8) is 0 Å². The van der Waals surface area contributed by atoms with Gasteiger partial charge in [0, 0.05) is 19.4 Å². The number of hydrogen-bond donors (Lipinski definition) is 4. The molecule has 0 unspecified atom stereocenters. The number of rotatable bonds is 6. The molecule has 8 nitrogen and oxygen atoms in total. The molecule has 0 bridgehead atoms. The Bertz CT molecular complexity index is 825. The van der Waals surface area contributed by atoms with E-state index >= 15 is 0 Å². The van der Waals surface area contributed by atoms with Crippen molar-refractivity contribution in [1.29, 1.82) is 0 Å². The number of amides is 3. The molecule has 2 rings (SSSR count). The molecule has 3 amide bonds. The fraction of sp³-hybridized carbons (Fsp3) is 0.176. The molecule has 10 heteroatoms. The van der Waals surface area contributed by atoms with E-state index in [1.165, 1.54) is 6.07 Å². The Labute approximate surface area is 169 Å². The molecule has 4 N–H and O–H groups in total. The Morgan fingerprint density at radius 3 is 2.33 bits per heavy atom. The number of furan rings is 1. The molecule has 27 heavy (non-hydrogen) atoms. The van der Waals surface area contributed by atoms with Gasteiger partial charge in [0.2, 0.25) is 11.8 Å². The largest absolute Gasteiger partial charge is 0.444 e. The van der Waals surface area contributed by atoms with E-state index in [1.54, 1.807) is 6.07 Å². The second-order valence-electron chi connectivity index (χ2n) is 5.32. The summed E-state index contributed by atoms with van der Waals surface area (Å²) in [4.78, 5) is 35.3. The lowest BCUT2D eigenvalue weighted by molar-refractivity contribution is -0.126. The van der Waals surface area contributed by atoms with E-state index in [9.17, 15) is 14.4 Å². The summed E-state index contributed by atoms with van der Waals surface area (Å²) in [7, 11) is 0. The highest BCUT2D eigenvalue weighted by Gasteiger charge is 2.12. The number of thiocarbonyl (C=S) groups is 1. The number of benzene rings is 1. The standard InChI is InChI=1S/C17H17BrN4O4S/c18-13-7-6-12(26-13)16(25)20-17(27)22-21-15(24)9-8-14(23)19-10-11-4-2-1-3-5-11/h1-7H,8-10H2,(H,19,23)(H,21,24)(H2,20,22,25,27). The van der Waals surface area contributed by atoms with Gasteiger partial charge in [-0.05, 0) is 45.8 Å². The monoisotopic (exact) mass is 452 g/mol. The molecule has 0 saturated carbocycles. The summed E-state index contributed by atoms with van der Waals surface area (Å²) in [5, 5.41) is 4.97. The van der Waals surface area contributed by atoms with Crippen molar-refractivity contribution in [2.75, 3.05) is 0 Å². The molecule has 0 aliphatic rings. The van der Waals surface area contributed by atoms with E-state index in [2.05, 4.69) is 37.4 Å². The first-order valence-electron chi connectivity index (χ1n) is 7.90. The Kier molecular flexibility index (Phi) is 7.96. The minimum Gasteiger partial charge on any atom is -0.444 e. The molecule has 0 radical (unpaired) electrons. The lowest BCUT2D eigenvalue weighted by Crippen LogP contribution is -2.48. The second-order valence-corrected chi connectivity index (χ2v) is 6.51. The molecular weight excluding hydrogens is 436 g/mol. The van der Waals surface area contributed by atoms with Crippen LogP contribution >= 0.6 is 28.1 Å². The Morgan fingerprint density at radius 1 is 0.963 bits per heavy atom. The predicted octanol–water partition coefficient (Wildman–Crippen LogP) is 1.77. The normalized spacial score (nSPS) is 9.96. The number of halogens is 1. The van der Waals surface area contributed by atoms with Gasteiger partial charge in [-0.1, -0.05) is 30.3 Å². The second kappa shape index (κ2) is 10.4. The number of nitrogens with one attached hydrogen (secondary N) is 4. The number of hydrazine groups is 1. The molecule has 0 spiro atoms. The van der Waals surface area contributed by atoms with Crippen LogP contribution in [0.4, 0.5) is 0 Å². The smallest absolute Gasteiger partial charge is 0.293 e. The number of carbonyl (C=O) groups is 3. The maximum Gasteiger partial charge on any atom is 0.293 e. The fourth-order valence-electron chi connectivity index (χ4n) is 1.93. The van der Waals surface area contributed by atoms with Gasteiger partial charge in [-0.15, -0.1) is 0 Å². The van der Waals surface area contributed by atoms with Crippen LogP contribution in [-0.2, 0) is 16.1 Å². The van der Waals surface area contributed by atoms with Crippen LogP contribution in [0.5, 0.6) is 0 Å². The zero-order valence-corrected chi connectivity index (χ0v) is 16.5. The molecule has 0 fully saturated rings. The summed E-state index contributed by atoms with van der Waals surface area (Å²) in [5.41, 5.74) is 5.67. The van der Waals surface area contributed by atoms with Crippen molar-refractivity contribution in [2.24, 2.45) is 0 Å². The van der Waals surface area contributed by atoms with Gasteiger partial charge < -0.3 is 9.73 Å². The van der Waals surface area contributed by atoms with Gasteiger partial charge in [0.05, 0.1) is 0 Å². The summed E-state index contributed by atoms with van der Waals surface area (Å²) < 4.78 is 5.48. The van der Waals surface area contributed by atoms with E-state index in [0.29, 0.717) is 11.2 Å². The quantitative estimate of drug-likeness (QED) is 0.392. The van der Waals surface area contributed by atoms with E-state index in [-0.39, 0.29) is 29.6 Å². The third-order valence-electron chi connectivity index (χ3n) is 3.25. The molecule has 1 aromatic carbocycles. The molecule has 1 heterocycles. The molecule has 0 atom stereocenters. The average molecular weight is 453 g/mol. The molecule has 2 aromatic rings. The molecule has 142 valence electrons. The first-order chi connectivity index (χ1) is 12.9. The lowest BCUT2D eigenvalue weighted by atomic mass is 10.2. The van der Waals surface area contributed by atoms with Crippen molar-refractivity contribution >= 4 is 51.0 Å². The van der Waals surface area contributed by atoms with Crippen molar-refractivity contribution in [3.8, 4) is 0 Å². The van der Waals surface area contributed by atoms with Crippen LogP contribution in [0.2, 0.25) is 0 Å². The average Bonchev–Trinajstić information content (AvgIpc) is 3.10. The highest BCUT2D eigenvalue weighted by atomic mass is 79.9. The van der Waals surface area contributed by atoms with Gasteiger partial charge in [-0.2, -0.15) is 0 Å². The fourth-order valence-corrected chi connectivity index (χ4v) is 2.38. The van der Waals surface area contributed by atoms with E-state index in [1.807, 2.05) is 30.3 Å². The van der Waals surface area contributed by atoms with E-state index in [0.717, 1.165) is 5.56 Å². The van der Waals surface area contributed by atoms with Gasteiger partial charge in [0.15, 0.2) is 15.5 Å². The van der Waals surface area contributed by atoms with Crippen molar-refractivity contribution in [1.82, 2.24) is 21.5 Å². The van der Waals surface area contributed by atoms with Gasteiger partial charge >= 0.3 is 0 Å². The molecule has 0 aliphatic heterocycles. The third kappa shape index (κ3) is 7.59. The van der Waals surface area contributed by atoms with Crippen LogP contribution in [-0.4, -0.2) is 22.8 Å². The van der Waals surface area contributed by atoms with Crippen LogP contribution in [0.3, 0.4) is 0 Å². The van der Waals surface area contributed by atoms with E-state index < -0.39 is 11.8 Å². The summed E-state index contributed by atoms with van der Waals surface area (Å²) in [6.45, 7) is 0.401.